The Morgan fingerprint density at radius 2 is 1.59 bits per heavy atom. The highest BCUT2D eigenvalue weighted by Crippen LogP contribution is 2.29. The molecular formula is C25H29N5O2. The van der Waals surface area contributed by atoms with E-state index < -0.39 is 0 Å². The fourth-order valence-corrected chi connectivity index (χ4v) is 3.96. The number of hydrogen-bond acceptors (Lipinski definition) is 5. The minimum absolute atomic E-state index is 0.0368. The number of nitrogens with two attached hydrogens (primary N) is 1. The van der Waals surface area contributed by atoms with E-state index in [0.29, 0.717) is 52.1 Å². The Kier molecular flexibility index (Phi) is 8.55. The molecule has 0 radical (unpaired) electrons. The summed E-state index contributed by atoms with van der Waals surface area (Å²) in [6.07, 6.45) is 2.54. The van der Waals surface area contributed by atoms with Crippen LogP contribution in [0.25, 0.3) is 0 Å². The van der Waals surface area contributed by atoms with Crippen molar-refractivity contribution in [2.24, 2.45) is 5.73 Å². The van der Waals surface area contributed by atoms with Crippen molar-refractivity contribution < 1.29 is 9.59 Å². The fourth-order valence-electron chi connectivity index (χ4n) is 3.96. The van der Waals surface area contributed by atoms with Gasteiger partial charge in [0, 0.05) is 38.9 Å². The molecule has 1 aliphatic heterocycles. The van der Waals surface area contributed by atoms with Crippen molar-refractivity contribution >= 4 is 12.3 Å². The molecule has 1 aliphatic rings. The third-order valence-corrected chi connectivity index (χ3v) is 5.60. The van der Waals surface area contributed by atoms with Gasteiger partial charge in [-0.15, -0.1) is 0 Å². The van der Waals surface area contributed by atoms with Crippen LogP contribution in [0.1, 0.15) is 23.6 Å². The topological polar surface area (TPSA) is 93.7 Å². The second kappa shape index (κ2) is 11.8. The minimum atomic E-state index is -0.345. The molecule has 1 heterocycles. The zero-order valence-electron chi connectivity index (χ0n) is 18.1. The number of benzene rings is 2. The number of amides is 2. The largest absolute Gasteiger partial charge is 0.335 e. The number of carbonyl (C=O) groups excluding carboxylic acids is 2. The number of nitriles is 1. The summed E-state index contributed by atoms with van der Waals surface area (Å²) in [5.74, 6) is -0.345. The first kappa shape index (κ1) is 23.2. The van der Waals surface area contributed by atoms with Crippen molar-refractivity contribution in [2.75, 3.05) is 39.3 Å². The highest BCUT2D eigenvalue weighted by molar-refractivity contribution is 5.97. The smallest absolute Gasteiger partial charge is 0.266 e. The van der Waals surface area contributed by atoms with Gasteiger partial charge in [0.25, 0.3) is 5.91 Å². The lowest BCUT2D eigenvalue weighted by Crippen LogP contribution is -2.50. The lowest BCUT2D eigenvalue weighted by Gasteiger charge is -2.39. The molecule has 2 aromatic carbocycles. The number of rotatable bonds is 9. The van der Waals surface area contributed by atoms with Crippen molar-refractivity contribution in [1.82, 2.24) is 14.7 Å². The molecule has 0 atom stereocenters. The Hall–Kier alpha value is -3.47. The molecule has 0 saturated carbocycles. The van der Waals surface area contributed by atoms with Crippen LogP contribution in [0.3, 0.4) is 0 Å². The summed E-state index contributed by atoms with van der Waals surface area (Å²) >= 11 is 0. The van der Waals surface area contributed by atoms with E-state index in [-0.39, 0.29) is 17.5 Å². The Bertz CT molecular complexity index is 908. The van der Waals surface area contributed by atoms with Crippen LogP contribution in [-0.2, 0) is 9.59 Å². The summed E-state index contributed by atoms with van der Waals surface area (Å²) < 4.78 is 0. The van der Waals surface area contributed by atoms with E-state index >= 15 is 0 Å². The second-order valence-electron chi connectivity index (χ2n) is 7.69. The van der Waals surface area contributed by atoms with Crippen molar-refractivity contribution in [2.45, 2.75) is 12.5 Å². The summed E-state index contributed by atoms with van der Waals surface area (Å²) in [5, 5.41) is 9.49. The number of hydrogen-bond donors (Lipinski definition) is 1. The van der Waals surface area contributed by atoms with Gasteiger partial charge in [-0.25, -0.2) is 0 Å². The fraction of sp³-hybridized carbons (Fsp3) is 0.320. The van der Waals surface area contributed by atoms with Crippen LogP contribution in [0, 0.1) is 11.3 Å². The van der Waals surface area contributed by atoms with Gasteiger partial charge >= 0.3 is 0 Å². The molecule has 3 rings (SSSR count). The third-order valence-electron chi connectivity index (χ3n) is 5.60. The molecule has 166 valence electrons. The van der Waals surface area contributed by atoms with E-state index in [4.69, 9.17) is 5.73 Å². The molecule has 0 spiro atoms. The van der Waals surface area contributed by atoms with Gasteiger partial charge in [0.15, 0.2) is 0 Å². The average molecular weight is 432 g/mol. The van der Waals surface area contributed by atoms with Gasteiger partial charge < -0.3 is 15.5 Å². The van der Waals surface area contributed by atoms with Gasteiger partial charge in [0.05, 0.1) is 6.04 Å². The van der Waals surface area contributed by atoms with Gasteiger partial charge in [0.1, 0.15) is 11.6 Å². The highest BCUT2D eigenvalue weighted by atomic mass is 16.2. The molecule has 1 fully saturated rings. The molecule has 7 heteroatoms. The van der Waals surface area contributed by atoms with Crippen LogP contribution in [-0.4, -0.2) is 66.3 Å². The van der Waals surface area contributed by atoms with Crippen molar-refractivity contribution in [3.8, 4) is 6.07 Å². The Labute approximate surface area is 189 Å². The van der Waals surface area contributed by atoms with Crippen molar-refractivity contribution in [3.05, 3.63) is 83.6 Å². The molecule has 2 aromatic rings. The SMILES string of the molecule is N#C/C(=C/N(C=O)CCCN)C(=O)N1CCN(C(c2ccccc2)c2ccccc2)CC1. The summed E-state index contributed by atoms with van der Waals surface area (Å²) in [5.41, 5.74) is 7.86. The predicted molar refractivity (Wildman–Crippen MR) is 123 cm³/mol. The van der Waals surface area contributed by atoms with E-state index in [2.05, 4.69) is 29.2 Å². The van der Waals surface area contributed by atoms with E-state index in [1.807, 2.05) is 42.5 Å². The van der Waals surface area contributed by atoms with Gasteiger partial charge in [-0.2, -0.15) is 5.26 Å². The average Bonchev–Trinajstić information content (AvgIpc) is 2.86. The first-order chi connectivity index (χ1) is 15.7. The zero-order chi connectivity index (χ0) is 22.8. The standard InChI is InChI=1S/C25H29N5O2/c26-12-7-13-28(20-31)19-23(18-27)25(32)30-16-14-29(15-17-30)24(21-8-3-1-4-9-21)22-10-5-2-6-11-22/h1-6,8-11,19-20,24H,7,12-17,26H2/b23-19-. The van der Waals surface area contributed by atoms with Crippen LogP contribution in [0.5, 0.6) is 0 Å². The van der Waals surface area contributed by atoms with E-state index in [1.54, 1.807) is 4.90 Å². The molecular weight excluding hydrogens is 402 g/mol. The van der Waals surface area contributed by atoms with Crippen LogP contribution >= 0.6 is 0 Å². The first-order valence-electron chi connectivity index (χ1n) is 10.8. The molecule has 7 nitrogen and oxygen atoms in total. The molecule has 0 aromatic heterocycles. The van der Waals surface area contributed by atoms with Crippen LogP contribution in [0.2, 0.25) is 0 Å². The Morgan fingerprint density at radius 1 is 1.03 bits per heavy atom. The molecule has 0 bridgehead atoms. The van der Waals surface area contributed by atoms with Gasteiger partial charge in [-0.1, -0.05) is 60.7 Å². The predicted octanol–water partition coefficient (Wildman–Crippen LogP) is 2.13. The second-order valence-corrected chi connectivity index (χ2v) is 7.69. The lowest BCUT2D eigenvalue weighted by atomic mass is 9.96. The first-order valence-corrected chi connectivity index (χ1v) is 10.8. The van der Waals surface area contributed by atoms with E-state index in [0.717, 1.165) is 0 Å². The van der Waals surface area contributed by atoms with E-state index in [9.17, 15) is 14.9 Å². The molecule has 0 aliphatic carbocycles. The van der Waals surface area contributed by atoms with Crippen LogP contribution in [0.4, 0.5) is 0 Å². The maximum absolute atomic E-state index is 12.9. The normalized spacial score (nSPS) is 14.8. The van der Waals surface area contributed by atoms with Crippen molar-refractivity contribution in [3.63, 3.8) is 0 Å². The molecule has 32 heavy (non-hydrogen) atoms. The maximum atomic E-state index is 12.9. The highest BCUT2D eigenvalue weighted by Gasteiger charge is 2.29. The van der Waals surface area contributed by atoms with Gasteiger partial charge in [-0.05, 0) is 24.1 Å². The quantitative estimate of drug-likeness (QED) is 0.373. The maximum Gasteiger partial charge on any atom is 0.266 e. The van der Waals surface area contributed by atoms with Crippen LogP contribution in [0.15, 0.2) is 72.4 Å². The molecule has 1 saturated heterocycles. The van der Waals surface area contributed by atoms with Gasteiger partial charge in [0.2, 0.25) is 6.41 Å². The summed E-state index contributed by atoms with van der Waals surface area (Å²) in [4.78, 5) is 29.5. The number of nitrogens with zero attached hydrogens (tertiary/aromatic N) is 4. The molecule has 2 N–H and O–H groups in total. The Morgan fingerprint density at radius 3 is 2.06 bits per heavy atom. The third kappa shape index (κ3) is 5.82. The summed E-state index contributed by atoms with van der Waals surface area (Å²) in [6.45, 7) is 3.20. The zero-order valence-corrected chi connectivity index (χ0v) is 18.1. The summed E-state index contributed by atoms with van der Waals surface area (Å²) in [7, 11) is 0. The Balaban J connectivity index is 1.71. The number of carbonyl (C=O) groups is 2. The van der Waals surface area contributed by atoms with Gasteiger partial charge in [-0.3, -0.25) is 14.5 Å². The summed E-state index contributed by atoms with van der Waals surface area (Å²) in [6, 6.07) is 22.7. The lowest BCUT2D eigenvalue weighted by molar-refractivity contribution is -0.128. The molecule has 0 unspecified atom stereocenters. The minimum Gasteiger partial charge on any atom is -0.335 e. The van der Waals surface area contributed by atoms with E-state index in [1.165, 1.54) is 22.2 Å². The monoisotopic (exact) mass is 431 g/mol. The number of piperazine rings is 1. The van der Waals surface area contributed by atoms with Crippen LogP contribution < -0.4 is 5.73 Å². The molecule has 2 amide bonds. The van der Waals surface area contributed by atoms with Crippen molar-refractivity contribution in [1.29, 1.82) is 5.26 Å².